The molecular weight excluding hydrogens is 432 g/mol. The number of hydrogen-bond donors (Lipinski definition) is 2. The number of thioether (sulfide) groups is 1. The summed E-state index contributed by atoms with van der Waals surface area (Å²) in [5.74, 6) is 0.793. The van der Waals surface area contributed by atoms with Gasteiger partial charge in [0.15, 0.2) is 0 Å². The van der Waals surface area contributed by atoms with Crippen molar-refractivity contribution in [2.75, 3.05) is 19.0 Å². The molecule has 162 valence electrons. The zero-order valence-electron chi connectivity index (χ0n) is 17.2. The van der Waals surface area contributed by atoms with E-state index in [0.29, 0.717) is 22.2 Å². The maximum atomic E-state index is 12.6. The number of nitrogens with zero attached hydrogens (tertiary/aromatic N) is 1. The summed E-state index contributed by atoms with van der Waals surface area (Å²) in [6.07, 6.45) is 4.53. The molecule has 1 heterocycles. The van der Waals surface area contributed by atoms with E-state index in [9.17, 15) is 14.7 Å². The van der Waals surface area contributed by atoms with Crippen LogP contribution in [0.2, 0.25) is 0 Å². The second kappa shape index (κ2) is 11.0. The number of phenolic OH excluding ortho intramolecular Hbond substituents is 1. The van der Waals surface area contributed by atoms with Crippen LogP contribution in [0.4, 0.5) is 5.69 Å². The SMILES string of the molecule is COc1ccc(NC(=O)CCCCCN2C(=O)/C(=C/c3ccc(O)cc3)SC2=S)cc1. The van der Waals surface area contributed by atoms with Gasteiger partial charge in [-0.1, -0.05) is 42.5 Å². The highest BCUT2D eigenvalue weighted by Crippen LogP contribution is 2.33. The van der Waals surface area contributed by atoms with Crippen molar-refractivity contribution in [3.05, 3.63) is 59.0 Å². The number of ether oxygens (including phenoxy) is 1. The fraction of sp³-hybridized carbons (Fsp3) is 0.261. The van der Waals surface area contributed by atoms with E-state index in [0.717, 1.165) is 36.3 Å². The number of rotatable bonds is 9. The molecule has 0 aliphatic carbocycles. The highest BCUT2D eigenvalue weighted by Gasteiger charge is 2.31. The van der Waals surface area contributed by atoms with Gasteiger partial charge in [-0.05, 0) is 60.9 Å². The molecule has 31 heavy (non-hydrogen) atoms. The largest absolute Gasteiger partial charge is 0.508 e. The van der Waals surface area contributed by atoms with E-state index in [2.05, 4.69) is 5.32 Å². The van der Waals surface area contributed by atoms with E-state index >= 15 is 0 Å². The number of amides is 2. The molecule has 1 aliphatic rings. The third kappa shape index (κ3) is 6.57. The molecule has 2 N–H and O–H groups in total. The molecular formula is C23H24N2O4S2. The average molecular weight is 457 g/mol. The van der Waals surface area contributed by atoms with Crippen molar-refractivity contribution in [1.82, 2.24) is 4.90 Å². The van der Waals surface area contributed by atoms with E-state index < -0.39 is 0 Å². The number of carbonyl (C=O) groups excluding carboxylic acids is 2. The molecule has 1 fully saturated rings. The molecule has 1 saturated heterocycles. The van der Waals surface area contributed by atoms with Gasteiger partial charge in [-0.2, -0.15) is 0 Å². The van der Waals surface area contributed by atoms with Gasteiger partial charge in [-0.15, -0.1) is 0 Å². The molecule has 1 aliphatic heterocycles. The molecule has 0 radical (unpaired) electrons. The molecule has 0 aromatic heterocycles. The molecule has 3 rings (SSSR count). The second-order valence-electron chi connectivity index (χ2n) is 7.01. The van der Waals surface area contributed by atoms with Crippen LogP contribution in [0.3, 0.4) is 0 Å². The van der Waals surface area contributed by atoms with Crippen LogP contribution in [-0.4, -0.2) is 39.8 Å². The number of carbonyl (C=O) groups is 2. The number of anilines is 1. The van der Waals surface area contributed by atoms with Crippen LogP contribution < -0.4 is 10.1 Å². The second-order valence-corrected chi connectivity index (χ2v) is 8.69. The van der Waals surface area contributed by atoms with Crippen LogP contribution in [0.1, 0.15) is 31.2 Å². The first-order valence-corrected chi connectivity index (χ1v) is 11.2. The monoisotopic (exact) mass is 456 g/mol. The first-order valence-electron chi connectivity index (χ1n) is 9.94. The summed E-state index contributed by atoms with van der Waals surface area (Å²) < 4.78 is 5.65. The summed E-state index contributed by atoms with van der Waals surface area (Å²) in [5.41, 5.74) is 1.57. The van der Waals surface area contributed by atoms with Crippen molar-refractivity contribution in [3.63, 3.8) is 0 Å². The lowest BCUT2D eigenvalue weighted by Crippen LogP contribution is -2.29. The Morgan fingerprint density at radius 3 is 2.52 bits per heavy atom. The number of benzene rings is 2. The van der Waals surface area contributed by atoms with Gasteiger partial charge in [-0.3, -0.25) is 14.5 Å². The van der Waals surface area contributed by atoms with Crippen molar-refractivity contribution in [3.8, 4) is 11.5 Å². The lowest BCUT2D eigenvalue weighted by atomic mass is 10.1. The minimum Gasteiger partial charge on any atom is -0.508 e. The summed E-state index contributed by atoms with van der Waals surface area (Å²) in [4.78, 5) is 26.9. The highest BCUT2D eigenvalue weighted by atomic mass is 32.2. The predicted molar refractivity (Wildman–Crippen MR) is 128 cm³/mol. The lowest BCUT2D eigenvalue weighted by molar-refractivity contribution is -0.122. The van der Waals surface area contributed by atoms with Gasteiger partial charge in [-0.25, -0.2) is 0 Å². The number of methoxy groups -OCH3 is 1. The Balaban J connectivity index is 1.39. The van der Waals surface area contributed by atoms with E-state index in [4.69, 9.17) is 17.0 Å². The van der Waals surface area contributed by atoms with Crippen LogP contribution in [0.5, 0.6) is 11.5 Å². The average Bonchev–Trinajstić information content (AvgIpc) is 3.03. The van der Waals surface area contributed by atoms with Gasteiger partial charge >= 0.3 is 0 Å². The van der Waals surface area contributed by atoms with Gasteiger partial charge < -0.3 is 15.2 Å². The summed E-state index contributed by atoms with van der Waals surface area (Å²) in [7, 11) is 1.60. The van der Waals surface area contributed by atoms with Crippen molar-refractivity contribution in [2.45, 2.75) is 25.7 Å². The van der Waals surface area contributed by atoms with Gasteiger partial charge in [0.2, 0.25) is 5.91 Å². The maximum Gasteiger partial charge on any atom is 0.266 e. The van der Waals surface area contributed by atoms with E-state index in [1.54, 1.807) is 66.6 Å². The zero-order valence-corrected chi connectivity index (χ0v) is 18.8. The number of hydrogen-bond acceptors (Lipinski definition) is 6. The Hall–Kier alpha value is -2.84. The van der Waals surface area contributed by atoms with Gasteiger partial charge in [0.05, 0.1) is 12.0 Å². The van der Waals surface area contributed by atoms with Crippen LogP contribution >= 0.6 is 24.0 Å². The van der Waals surface area contributed by atoms with Gasteiger partial charge in [0, 0.05) is 18.7 Å². The lowest BCUT2D eigenvalue weighted by Gasteiger charge is -2.14. The van der Waals surface area contributed by atoms with Crippen molar-refractivity contribution >= 4 is 51.9 Å². The molecule has 2 amide bonds. The molecule has 0 atom stereocenters. The van der Waals surface area contributed by atoms with E-state index in [1.165, 1.54) is 11.8 Å². The number of nitrogens with one attached hydrogen (secondary N) is 1. The maximum absolute atomic E-state index is 12.6. The number of aromatic hydroxyl groups is 1. The summed E-state index contributed by atoms with van der Waals surface area (Å²) >= 11 is 6.64. The van der Waals surface area contributed by atoms with E-state index in [-0.39, 0.29) is 17.6 Å². The molecule has 2 aromatic carbocycles. The molecule has 0 unspecified atom stereocenters. The van der Waals surface area contributed by atoms with Crippen molar-refractivity contribution < 1.29 is 19.4 Å². The Labute approximate surface area is 191 Å². The van der Waals surface area contributed by atoms with E-state index in [1.807, 2.05) is 0 Å². The summed E-state index contributed by atoms with van der Waals surface area (Å²) in [5, 5.41) is 12.2. The molecule has 2 aromatic rings. The normalized spacial score (nSPS) is 14.9. The fourth-order valence-electron chi connectivity index (χ4n) is 3.04. The smallest absolute Gasteiger partial charge is 0.266 e. The van der Waals surface area contributed by atoms with Crippen LogP contribution in [0.25, 0.3) is 6.08 Å². The molecule has 0 saturated carbocycles. The van der Waals surface area contributed by atoms with Crippen LogP contribution in [0.15, 0.2) is 53.4 Å². The summed E-state index contributed by atoms with van der Waals surface area (Å²) in [6, 6.07) is 13.9. The number of thiocarbonyl (C=S) groups is 1. The first kappa shape index (κ1) is 22.8. The standard InChI is InChI=1S/C23H24N2O4S2/c1-29-19-12-8-17(9-13-19)24-21(27)5-3-2-4-14-25-22(28)20(31-23(25)30)15-16-6-10-18(26)11-7-16/h6-13,15,26H,2-5,14H2,1H3,(H,24,27)/b20-15-. The molecule has 0 bridgehead atoms. The molecule has 6 nitrogen and oxygen atoms in total. The number of unbranched alkanes of at least 4 members (excludes halogenated alkanes) is 2. The first-order chi connectivity index (χ1) is 15.0. The van der Waals surface area contributed by atoms with Crippen molar-refractivity contribution in [2.24, 2.45) is 0 Å². The van der Waals surface area contributed by atoms with Crippen LogP contribution in [-0.2, 0) is 9.59 Å². The topological polar surface area (TPSA) is 78.9 Å². The van der Waals surface area contributed by atoms with Crippen molar-refractivity contribution in [1.29, 1.82) is 0 Å². The van der Waals surface area contributed by atoms with Crippen LogP contribution in [0, 0.1) is 0 Å². The third-order valence-electron chi connectivity index (χ3n) is 4.72. The quantitative estimate of drug-likeness (QED) is 0.321. The fourth-order valence-corrected chi connectivity index (χ4v) is 4.35. The number of phenols is 1. The highest BCUT2D eigenvalue weighted by molar-refractivity contribution is 8.26. The van der Waals surface area contributed by atoms with Gasteiger partial charge in [0.25, 0.3) is 5.91 Å². The minimum atomic E-state index is -0.0969. The molecule has 0 spiro atoms. The molecule has 8 heteroatoms. The van der Waals surface area contributed by atoms with Gasteiger partial charge in [0.1, 0.15) is 15.8 Å². The predicted octanol–water partition coefficient (Wildman–Crippen LogP) is 4.80. The Morgan fingerprint density at radius 1 is 1.13 bits per heavy atom. The Morgan fingerprint density at radius 2 is 1.84 bits per heavy atom. The third-order valence-corrected chi connectivity index (χ3v) is 6.10. The minimum absolute atomic E-state index is 0.0346. The Bertz CT molecular complexity index is 972. The zero-order chi connectivity index (χ0) is 22.2. The summed E-state index contributed by atoms with van der Waals surface area (Å²) in [6.45, 7) is 0.539. The Kier molecular flexibility index (Phi) is 8.08.